The van der Waals surface area contributed by atoms with Gasteiger partial charge in [-0.2, -0.15) is 0 Å². The highest BCUT2D eigenvalue weighted by Gasteiger charge is 2.20. The van der Waals surface area contributed by atoms with Gasteiger partial charge in [0.15, 0.2) is 0 Å². The third-order valence-corrected chi connectivity index (χ3v) is 3.99. The van der Waals surface area contributed by atoms with E-state index < -0.39 is 0 Å². The van der Waals surface area contributed by atoms with Crippen LogP contribution < -0.4 is 5.73 Å². The molecule has 0 aromatic heterocycles. The Labute approximate surface area is 111 Å². The Morgan fingerprint density at radius 2 is 1.72 bits per heavy atom. The van der Waals surface area contributed by atoms with Crippen molar-refractivity contribution in [2.75, 3.05) is 38.5 Å². The summed E-state index contributed by atoms with van der Waals surface area (Å²) >= 11 is 0. The van der Waals surface area contributed by atoms with E-state index in [1.165, 1.54) is 38.3 Å². The molecule has 0 spiro atoms. The zero-order chi connectivity index (χ0) is 13.0. The Bertz CT molecular complexity index is 353. The molecule has 18 heavy (non-hydrogen) atoms. The first-order valence-corrected chi connectivity index (χ1v) is 7.00. The zero-order valence-corrected chi connectivity index (χ0v) is 11.6. The smallest absolute Gasteiger partial charge is 0.0314 e. The summed E-state index contributed by atoms with van der Waals surface area (Å²) in [6, 6.07) is 8.91. The molecule has 2 rings (SSSR count). The second-order valence-electron chi connectivity index (χ2n) is 5.26. The number of hydrogen-bond donors (Lipinski definition) is 1. The first-order valence-electron chi connectivity index (χ1n) is 7.00. The Hall–Kier alpha value is -1.06. The van der Waals surface area contributed by atoms with Crippen LogP contribution in [0.5, 0.6) is 0 Å². The topological polar surface area (TPSA) is 32.5 Å². The third-order valence-electron chi connectivity index (χ3n) is 3.99. The van der Waals surface area contributed by atoms with Crippen LogP contribution in [0, 0.1) is 0 Å². The molecule has 1 fully saturated rings. The van der Waals surface area contributed by atoms with Gasteiger partial charge < -0.3 is 10.6 Å². The highest BCUT2D eigenvalue weighted by Crippen LogP contribution is 2.13. The number of benzene rings is 1. The maximum Gasteiger partial charge on any atom is 0.0314 e. The minimum Gasteiger partial charge on any atom is -0.399 e. The summed E-state index contributed by atoms with van der Waals surface area (Å²) in [6.45, 7) is 10.6. The average molecular weight is 247 g/mol. The molecule has 1 heterocycles. The van der Waals surface area contributed by atoms with Gasteiger partial charge in [0.2, 0.25) is 0 Å². The maximum absolute atomic E-state index is 5.71. The van der Waals surface area contributed by atoms with Gasteiger partial charge in [-0.1, -0.05) is 19.1 Å². The Balaban J connectivity index is 1.85. The van der Waals surface area contributed by atoms with Gasteiger partial charge in [0.1, 0.15) is 0 Å². The van der Waals surface area contributed by atoms with E-state index in [0.717, 1.165) is 12.1 Å². The van der Waals surface area contributed by atoms with E-state index in [2.05, 4.69) is 35.8 Å². The molecule has 0 saturated carbocycles. The summed E-state index contributed by atoms with van der Waals surface area (Å²) in [5.41, 5.74) is 7.95. The molecular formula is C15H25N3. The van der Waals surface area contributed by atoms with Gasteiger partial charge in [0.05, 0.1) is 0 Å². The lowest BCUT2D eigenvalue weighted by Gasteiger charge is -2.37. The van der Waals surface area contributed by atoms with Crippen molar-refractivity contribution in [2.24, 2.45) is 0 Å². The highest BCUT2D eigenvalue weighted by atomic mass is 15.3. The monoisotopic (exact) mass is 247 g/mol. The van der Waals surface area contributed by atoms with Crippen LogP contribution in [0.1, 0.15) is 19.4 Å². The number of nitrogens with two attached hydrogens (primary N) is 1. The van der Waals surface area contributed by atoms with Crippen LogP contribution >= 0.6 is 0 Å². The van der Waals surface area contributed by atoms with E-state index in [4.69, 9.17) is 5.73 Å². The largest absolute Gasteiger partial charge is 0.399 e. The number of piperazine rings is 1. The molecule has 1 aliphatic heterocycles. The average Bonchev–Trinajstić information content (AvgIpc) is 2.41. The fourth-order valence-corrected chi connectivity index (χ4v) is 2.64. The normalized spacial score (nSPS) is 19.9. The number of nitrogens with zero attached hydrogens (tertiary/aromatic N) is 2. The van der Waals surface area contributed by atoms with Crippen molar-refractivity contribution in [1.82, 2.24) is 9.80 Å². The van der Waals surface area contributed by atoms with Crippen molar-refractivity contribution in [2.45, 2.75) is 26.3 Å². The van der Waals surface area contributed by atoms with Crippen molar-refractivity contribution < 1.29 is 0 Å². The fourth-order valence-electron chi connectivity index (χ4n) is 2.64. The van der Waals surface area contributed by atoms with E-state index in [1.54, 1.807) is 0 Å². The van der Waals surface area contributed by atoms with E-state index >= 15 is 0 Å². The van der Waals surface area contributed by atoms with Gasteiger partial charge in [-0.25, -0.2) is 0 Å². The maximum atomic E-state index is 5.71. The molecule has 1 aromatic rings. The number of likely N-dealkylation sites (N-methyl/N-ethyl adjacent to an activating group) is 1. The number of anilines is 1. The molecule has 1 aromatic carbocycles. The number of rotatable bonds is 4. The molecule has 3 heteroatoms. The van der Waals surface area contributed by atoms with Gasteiger partial charge in [-0.3, -0.25) is 4.90 Å². The molecule has 0 bridgehead atoms. The molecule has 1 saturated heterocycles. The molecule has 2 N–H and O–H groups in total. The lowest BCUT2D eigenvalue weighted by molar-refractivity contribution is 0.106. The fraction of sp³-hybridized carbons (Fsp3) is 0.600. The van der Waals surface area contributed by atoms with E-state index in [9.17, 15) is 0 Å². The predicted octanol–water partition coefficient (Wildman–Crippen LogP) is 1.84. The van der Waals surface area contributed by atoms with E-state index in [-0.39, 0.29) is 0 Å². The van der Waals surface area contributed by atoms with Crippen LogP contribution in [0.15, 0.2) is 24.3 Å². The van der Waals surface area contributed by atoms with Crippen LogP contribution in [-0.4, -0.2) is 48.6 Å². The SMILES string of the molecule is CCN1CCN(C(C)Cc2ccc(N)cc2)CC1. The van der Waals surface area contributed by atoms with Crippen molar-refractivity contribution in [3.63, 3.8) is 0 Å². The Kier molecular flexibility index (Phi) is 4.61. The second-order valence-corrected chi connectivity index (χ2v) is 5.26. The molecule has 0 amide bonds. The van der Waals surface area contributed by atoms with Crippen LogP contribution in [0.4, 0.5) is 5.69 Å². The predicted molar refractivity (Wildman–Crippen MR) is 77.7 cm³/mol. The summed E-state index contributed by atoms with van der Waals surface area (Å²) in [5.74, 6) is 0. The summed E-state index contributed by atoms with van der Waals surface area (Å²) in [7, 11) is 0. The molecule has 100 valence electrons. The van der Waals surface area contributed by atoms with Crippen molar-refractivity contribution in [1.29, 1.82) is 0 Å². The van der Waals surface area contributed by atoms with Crippen molar-refractivity contribution >= 4 is 5.69 Å². The molecule has 0 aliphatic carbocycles. The molecule has 1 atom stereocenters. The molecule has 1 aliphatic rings. The lowest BCUT2D eigenvalue weighted by atomic mass is 10.0. The van der Waals surface area contributed by atoms with E-state index in [1.807, 2.05) is 12.1 Å². The highest BCUT2D eigenvalue weighted by molar-refractivity contribution is 5.39. The summed E-state index contributed by atoms with van der Waals surface area (Å²) < 4.78 is 0. The summed E-state index contributed by atoms with van der Waals surface area (Å²) in [4.78, 5) is 5.12. The second kappa shape index (κ2) is 6.21. The van der Waals surface area contributed by atoms with Gasteiger partial charge in [0, 0.05) is 37.9 Å². The minimum absolute atomic E-state index is 0.618. The minimum atomic E-state index is 0.618. The molecular weight excluding hydrogens is 222 g/mol. The molecule has 1 unspecified atom stereocenters. The molecule has 0 radical (unpaired) electrons. The zero-order valence-electron chi connectivity index (χ0n) is 11.6. The number of nitrogen functional groups attached to an aromatic ring is 1. The van der Waals surface area contributed by atoms with Crippen LogP contribution in [-0.2, 0) is 6.42 Å². The van der Waals surface area contributed by atoms with Crippen molar-refractivity contribution in [3.8, 4) is 0 Å². The first-order chi connectivity index (χ1) is 8.69. The van der Waals surface area contributed by atoms with Crippen LogP contribution in [0.25, 0.3) is 0 Å². The van der Waals surface area contributed by atoms with Gasteiger partial charge in [0.25, 0.3) is 0 Å². The van der Waals surface area contributed by atoms with Gasteiger partial charge in [-0.05, 0) is 37.6 Å². The lowest BCUT2D eigenvalue weighted by Crippen LogP contribution is -2.49. The Morgan fingerprint density at radius 1 is 1.11 bits per heavy atom. The quantitative estimate of drug-likeness (QED) is 0.824. The van der Waals surface area contributed by atoms with E-state index in [0.29, 0.717) is 6.04 Å². The van der Waals surface area contributed by atoms with Gasteiger partial charge >= 0.3 is 0 Å². The first kappa shape index (κ1) is 13.4. The third kappa shape index (κ3) is 3.47. The Morgan fingerprint density at radius 3 is 2.28 bits per heavy atom. The summed E-state index contributed by atoms with van der Waals surface area (Å²) in [6.07, 6.45) is 1.12. The van der Waals surface area contributed by atoms with Crippen LogP contribution in [0.2, 0.25) is 0 Å². The summed E-state index contributed by atoms with van der Waals surface area (Å²) in [5, 5.41) is 0. The van der Waals surface area contributed by atoms with Gasteiger partial charge in [-0.15, -0.1) is 0 Å². The standard InChI is InChI=1S/C15H25N3/c1-3-17-8-10-18(11-9-17)13(2)12-14-4-6-15(16)7-5-14/h4-7,13H,3,8-12,16H2,1-2H3. The van der Waals surface area contributed by atoms with Crippen molar-refractivity contribution in [3.05, 3.63) is 29.8 Å². The number of hydrogen-bond acceptors (Lipinski definition) is 3. The molecule has 3 nitrogen and oxygen atoms in total. The van der Waals surface area contributed by atoms with Crippen LogP contribution in [0.3, 0.4) is 0 Å².